The van der Waals surface area contributed by atoms with E-state index in [-0.39, 0.29) is 11.1 Å². The Morgan fingerprint density at radius 1 is 0.745 bits per heavy atom. The van der Waals surface area contributed by atoms with E-state index >= 15 is 0 Å². The van der Waals surface area contributed by atoms with Crippen LogP contribution in [0, 0.1) is 0 Å². The Morgan fingerprint density at radius 2 is 1.36 bits per heavy atom. The molecule has 6 rings (SSSR count). The van der Waals surface area contributed by atoms with Crippen LogP contribution in [0.1, 0.15) is 42.9 Å². The van der Waals surface area contributed by atoms with Crippen molar-refractivity contribution in [3.05, 3.63) is 163 Å². The number of esters is 2. The first kappa shape index (κ1) is 35.2. The van der Waals surface area contributed by atoms with Crippen molar-refractivity contribution in [1.82, 2.24) is 0 Å². The van der Waals surface area contributed by atoms with E-state index in [1.165, 1.54) is 38.5 Å². The van der Waals surface area contributed by atoms with Crippen LogP contribution in [-0.2, 0) is 14.3 Å². The zero-order valence-electron chi connectivity index (χ0n) is 25.6. The summed E-state index contributed by atoms with van der Waals surface area (Å²) in [5.41, 5.74) is 1.09. The number of hydrogen-bond donors (Lipinski definition) is 1. The third kappa shape index (κ3) is 11.3. The molecule has 10 nitrogen and oxygen atoms in total. The van der Waals surface area contributed by atoms with Crippen LogP contribution in [0.3, 0.4) is 0 Å². The molecule has 1 unspecified atom stereocenters. The highest BCUT2D eigenvalue weighted by Gasteiger charge is 2.22. The molecule has 0 aliphatic heterocycles. The predicted molar refractivity (Wildman–Crippen MR) is 173 cm³/mol. The van der Waals surface area contributed by atoms with E-state index in [0.717, 1.165) is 22.6 Å². The molecule has 2 aromatic heterocycles. The molecule has 0 bridgehead atoms. The normalized spacial score (nSPS) is 10.3. The van der Waals surface area contributed by atoms with Crippen LogP contribution >= 0.6 is 0 Å². The number of para-hydroxylation sites is 1. The van der Waals surface area contributed by atoms with Crippen molar-refractivity contribution in [2.75, 3.05) is 14.2 Å². The smallest absolute Gasteiger partial charge is 0.345 e. The molecule has 1 N–H and O–H groups in total. The van der Waals surface area contributed by atoms with Crippen LogP contribution in [0.2, 0.25) is 0 Å². The largest absolute Gasteiger partial charge is 0.478 e. The second-order valence-corrected chi connectivity index (χ2v) is 9.24. The van der Waals surface area contributed by atoms with Crippen molar-refractivity contribution < 1.29 is 47.3 Å². The van der Waals surface area contributed by atoms with Crippen LogP contribution in [0.4, 0.5) is 0 Å². The van der Waals surface area contributed by atoms with Crippen molar-refractivity contribution in [3.8, 4) is 5.75 Å². The molecule has 6 aromatic rings. The minimum Gasteiger partial charge on any atom is -0.478 e. The summed E-state index contributed by atoms with van der Waals surface area (Å²) in [6.45, 7) is 0. The van der Waals surface area contributed by atoms with Crippen LogP contribution in [0.15, 0.2) is 149 Å². The number of carboxylic acids is 1. The average molecular weight is 637 g/mol. The number of fused-ring (bicyclic) bond motifs is 1. The SMILES string of the molecule is COC(=O)c1cccc(C(=O)O)c1.COC(C(=O)Oc1ccccc1)c1ccccc1.O=Cc1occ2ccccc12.c1ccoc1. The molecule has 0 radical (unpaired) electrons. The summed E-state index contributed by atoms with van der Waals surface area (Å²) in [6.07, 6.45) is 4.85. The maximum absolute atomic E-state index is 12.0. The van der Waals surface area contributed by atoms with Gasteiger partial charge in [0, 0.05) is 17.9 Å². The predicted octanol–water partition coefficient (Wildman–Crippen LogP) is 7.68. The number of aldehydes is 1. The molecular formula is C37H32O10. The maximum atomic E-state index is 12.0. The number of carboxylic acid groups (broad SMARTS) is 1. The third-order valence-corrected chi connectivity index (χ3v) is 6.12. The standard InChI is InChI=1S/C15H14O3.C9H8O4.C9H6O2.C4H4O/c1-17-14(12-8-4-2-5-9-12)15(16)18-13-10-6-3-7-11-13;1-13-9(12)7-4-2-3-6(5-7)8(10)11;10-5-9-8-4-2-1-3-7(8)6-11-9;1-2-4-5-3-1/h2-11,14H,1H3;2-5H,1H3,(H,10,11);1-6H;1-4H. The lowest BCUT2D eigenvalue weighted by Gasteiger charge is -2.14. The number of ether oxygens (including phenoxy) is 3. The first-order valence-corrected chi connectivity index (χ1v) is 14.0. The summed E-state index contributed by atoms with van der Waals surface area (Å²) < 4.78 is 24.5. The quantitative estimate of drug-likeness (QED) is 0.105. The number of benzene rings is 4. The topological polar surface area (TPSA) is 142 Å². The Hall–Kier alpha value is -6.26. The zero-order chi connectivity index (χ0) is 33.9. The van der Waals surface area contributed by atoms with Gasteiger partial charge in [-0.05, 0) is 48.0 Å². The molecule has 0 spiro atoms. The van der Waals surface area contributed by atoms with Crippen molar-refractivity contribution in [2.24, 2.45) is 0 Å². The number of carbonyl (C=O) groups is 4. The molecular weight excluding hydrogens is 604 g/mol. The summed E-state index contributed by atoms with van der Waals surface area (Å²) in [5, 5.41) is 10.5. The lowest BCUT2D eigenvalue weighted by atomic mass is 10.1. The number of rotatable bonds is 7. The third-order valence-electron chi connectivity index (χ3n) is 6.12. The van der Waals surface area contributed by atoms with E-state index in [2.05, 4.69) is 9.15 Å². The Balaban J connectivity index is 0.000000183. The number of methoxy groups -OCH3 is 2. The molecule has 47 heavy (non-hydrogen) atoms. The fraction of sp³-hybridized carbons (Fsp3) is 0.0811. The lowest BCUT2D eigenvalue weighted by molar-refractivity contribution is -0.146. The molecule has 0 aliphatic carbocycles. The minimum atomic E-state index is -1.06. The van der Waals surface area contributed by atoms with E-state index in [4.69, 9.17) is 19.0 Å². The second kappa shape index (κ2) is 19.2. The first-order valence-electron chi connectivity index (χ1n) is 14.0. The van der Waals surface area contributed by atoms with E-state index in [0.29, 0.717) is 11.5 Å². The number of carbonyl (C=O) groups excluding carboxylic acids is 3. The average Bonchev–Trinajstić information content (AvgIpc) is 3.84. The molecule has 4 aromatic carbocycles. The summed E-state index contributed by atoms with van der Waals surface area (Å²) in [4.78, 5) is 43.9. The summed E-state index contributed by atoms with van der Waals surface area (Å²) in [6, 6.07) is 35.1. The van der Waals surface area contributed by atoms with Crippen molar-refractivity contribution in [3.63, 3.8) is 0 Å². The molecule has 0 saturated heterocycles. The lowest BCUT2D eigenvalue weighted by Crippen LogP contribution is -2.20. The van der Waals surface area contributed by atoms with E-state index in [9.17, 15) is 19.2 Å². The van der Waals surface area contributed by atoms with Gasteiger partial charge in [0.25, 0.3) is 0 Å². The van der Waals surface area contributed by atoms with Crippen LogP contribution in [0.5, 0.6) is 5.75 Å². The van der Waals surface area contributed by atoms with Gasteiger partial charge in [-0.15, -0.1) is 0 Å². The summed E-state index contributed by atoms with van der Waals surface area (Å²) >= 11 is 0. The van der Waals surface area contributed by atoms with Gasteiger partial charge < -0.3 is 28.2 Å². The molecule has 0 amide bonds. The van der Waals surface area contributed by atoms with Gasteiger partial charge in [-0.3, -0.25) is 4.79 Å². The molecule has 0 saturated carbocycles. The van der Waals surface area contributed by atoms with Crippen LogP contribution in [0.25, 0.3) is 10.8 Å². The van der Waals surface area contributed by atoms with Crippen molar-refractivity contribution in [2.45, 2.75) is 6.10 Å². The van der Waals surface area contributed by atoms with Gasteiger partial charge in [0.05, 0.1) is 37.0 Å². The van der Waals surface area contributed by atoms with Gasteiger partial charge in [0.15, 0.2) is 18.2 Å². The highest BCUT2D eigenvalue weighted by atomic mass is 16.6. The fourth-order valence-electron chi connectivity index (χ4n) is 3.88. The number of furan rings is 2. The van der Waals surface area contributed by atoms with Crippen LogP contribution < -0.4 is 4.74 Å². The maximum Gasteiger partial charge on any atom is 0.345 e. The van der Waals surface area contributed by atoms with Gasteiger partial charge in [0.1, 0.15) is 5.75 Å². The Labute approximate surface area is 270 Å². The molecule has 10 heteroatoms. The van der Waals surface area contributed by atoms with E-state index in [1.54, 1.807) is 30.9 Å². The van der Waals surface area contributed by atoms with E-state index in [1.807, 2.05) is 84.9 Å². The van der Waals surface area contributed by atoms with Crippen molar-refractivity contribution in [1.29, 1.82) is 0 Å². The highest BCUT2D eigenvalue weighted by Crippen LogP contribution is 2.20. The second-order valence-electron chi connectivity index (χ2n) is 9.24. The Kier molecular flexibility index (Phi) is 14.4. The van der Waals surface area contributed by atoms with Crippen molar-refractivity contribution >= 4 is 35.0 Å². The molecule has 0 fully saturated rings. The van der Waals surface area contributed by atoms with Gasteiger partial charge in [-0.25, -0.2) is 14.4 Å². The fourth-order valence-corrected chi connectivity index (χ4v) is 3.88. The van der Waals surface area contributed by atoms with Gasteiger partial charge >= 0.3 is 17.9 Å². The Morgan fingerprint density at radius 3 is 1.94 bits per heavy atom. The van der Waals surface area contributed by atoms with Gasteiger partial charge in [-0.1, -0.05) is 78.9 Å². The summed E-state index contributed by atoms with van der Waals surface area (Å²) in [7, 11) is 2.74. The highest BCUT2D eigenvalue weighted by molar-refractivity contribution is 5.95. The first-order chi connectivity index (χ1) is 22.9. The molecule has 0 aliphatic rings. The van der Waals surface area contributed by atoms with Crippen LogP contribution in [-0.4, -0.2) is 43.5 Å². The number of aromatic carboxylic acids is 1. The number of hydrogen-bond acceptors (Lipinski definition) is 9. The molecule has 2 heterocycles. The molecule has 1 atom stereocenters. The van der Waals surface area contributed by atoms with Gasteiger partial charge in [-0.2, -0.15) is 0 Å². The minimum absolute atomic E-state index is 0.0721. The summed E-state index contributed by atoms with van der Waals surface area (Å²) in [5.74, 6) is -1.11. The monoisotopic (exact) mass is 636 g/mol. The van der Waals surface area contributed by atoms with E-state index < -0.39 is 24.0 Å². The van der Waals surface area contributed by atoms with Gasteiger partial charge in [0.2, 0.25) is 0 Å². The molecule has 240 valence electrons. The Bertz CT molecular complexity index is 1790. The zero-order valence-corrected chi connectivity index (χ0v) is 25.6.